The third-order valence-corrected chi connectivity index (χ3v) is 4.41. The Morgan fingerprint density at radius 2 is 1.12 bits per heavy atom. The average molecular weight is 360 g/mol. The van der Waals surface area contributed by atoms with Crippen LogP contribution in [-0.4, -0.2) is 32.2 Å². The van der Waals surface area contributed by atoms with Gasteiger partial charge in [-0.15, -0.1) is 20.4 Å². The van der Waals surface area contributed by atoms with Gasteiger partial charge >= 0.3 is 0 Å². The zero-order valence-corrected chi connectivity index (χ0v) is 14.4. The van der Waals surface area contributed by atoms with Crippen LogP contribution in [-0.2, 0) is 0 Å². The number of hydrogen-bond donors (Lipinski definition) is 2. The number of benzene rings is 1. The van der Waals surface area contributed by atoms with E-state index < -0.39 is 0 Å². The molecule has 24 heavy (non-hydrogen) atoms. The molecule has 0 atom stereocenters. The highest BCUT2D eigenvalue weighted by Crippen LogP contribution is 2.17. The minimum absolute atomic E-state index is 0.308. The van der Waals surface area contributed by atoms with Gasteiger partial charge in [-0.25, -0.2) is 0 Å². The molecule has 0 bridgehead atoms. The summed E-state index contributed by atoms with van der Waals surface area (Å²) in [6.45, 7) is 3.61. The zero-order chi connectivity index (χ0) is 17.1. The number of carbonyl (C=O) groups excluding carboxylic acids is 2. The van der Waals surface area contributed by atoms with E-state index in [2.05, 4.69) is 31.0 Å². The van der Waals surface area contributed by atoms with Crippen molar-refractivity contribution in [3.63, 3.8) is 0 Å². The van der Waals surface area contributed by atoms with Crippen molar-refractivity contribution in [3.8, 4) is 0 Å². The monoisotopic (exact) mass is 360 g/mol. The molecule has 0 unspecified atom stereocenters. The summed E-state index contributed by atoms with van der Waals surface area (Å²) in [6.07, 6.45) is 0. The minimum atomic E-state index is -0.308. The van der Waals surface area contributed by atoms with Crippen molar-refractivity contribution in [2.75, 3.05) is 10.6 Å². The number of aryl methyl sites for hydroxylation is 2. The Morgan fingerprint density at radius 3 is 1.42 bits per heavy atom. The largest absolute Gasteiger partial charge is 0.296 e. The summed E-state index contributed by atoms with van der Waals surface area (Å²) >= 11 is 2.58. The SMILES string of the molecule is Cc1nnc(NC(=O)c2ccc(C(=O)Nc3nnc(C)s3)cc2)s1. The molecule has 0 aliphatic rings. The lowest BCUT2D eigenvalue weighted by molar-refractivity contribution is 0.101. The summed E-state index contributed by atoms with van der Waals surface area (Å²) < 4.78 is 0. The molecule has 0 aliphatic carbocycles. The van der Waals surface area contributed by atoms with Gasteiger partial charge in [-0.05, 0) is 38.1 Å². The van der Waals surface area contributed by atoms with Crippen LogP contribution in [0.15, 0.2) is 24.3 Å². The molecule has 3 rings (SSSR count). The molecule has 10 heteroatoms. The first kappa shape index (κ1) is 16.1. The fourth-order valence-electron chi connectivity index (χ4n) is 1.81. The molecule has 122 valence electrons. The van der Waals surface area contributed by atoms with Gasteiger partial charge in [0.1, 0.15) is 10.0 Å². The lowest BCUT2D eigenvalue weighted by Gasteiger charge is -2.04. The summed E-state index contributed by atoms with van der Waals surface area (Å²) in [7, 11) is 0. The summed E-state index contributed by atoms with van der Waals surface area (Å²) in [6, 6.07) is 6.29. The van der Waals surface area contributed by atoms with E-state index in [1.807, 2.05) is 0 Å². The molecule has 3 aromatic rings. The Labute approximate surface area is 145 Å². The topological polar surface area (TPSA) is 110 Å². The molecule has 2 aromatic heterocycles. The Hall–Kier alpha value is -2.72. The third-order valence-electron chi connectivity index (χ3n) is 2.90. The lowest BCUT2D eigenvalue weighted by Crippen LogP contribution is -2.14. The average Bonchev–Trinajstić information content (AvgIpc) is 3.15. The lowest BCUT2D eigenvalue weighted by atomic mass is 10.1. The van der Waals surface area contributed by atoms with Crippen LogP contribution in [0.25, 0.3) is 0 Å². The van der Waals surface area contributed by atoms with E-state index in [1.54, 1.807) is 38.1 Å². The van der Waals surface area contributed by atoms with Crippen molar-refractivity contribution in [2.45, 2.75) is 13.8 Å². The van der Waals surface area contributed by atoms with Gasteiger partial charge in [0.15, 0.2) is 0 Å². The Morgan fingerprint density at radius 1 is 0.750 bits per heavy atom. The zero-order valence-electron chi connectivity index (χ0n) is 12.7. The highest BCUT2D eigenvalue weighted by Gasteiger charge is 2.12. The van der Waals surface area contributed by atoms with Crippen molar-refractivity contribution < 1.29 is 9.59 Å². The van der Waals surface area contributed by atoms with Crippen LogP contribution in [0.3, 0.4) is 0 Å². The van der Waals surface area contributed by atoms with Crippen molar-refractivity contribution in [3.05, 3.63) is 45.4 Å². The normalized spacial score (nSPS) is 10.4. The van der Waals surface area contributed by atoms with Crippen LogP contribution in [0.1, 0.15) is 30.7 Å². The second-order valence-electron chi connectivity index (χ2n) is 4.74. The van der Waals surface area contributed by atoms with Gasteiger partial charge in [0.25, 0.3) is 11.8 Å². The highest BCUT2D eigenvalue weighted by molar-refractivity contribution is 7.15. The molecule has 2 N–H and O–H groups in total. The van der Waals surface area contributed by atoms with Crippen molar-refractivity contribution in [1.29, 1.82) is 0 Å². The van der Waals surface area contributed by atoms with Crippen LogP contribution in [0, 0.1) is 13.8 Å². The Bertz CT molecular complexity index is 814. The maximum atomic E-state index is 12.1. The van der Waals surface area contributed by atoms with Gasteiger partial charge < -0.3 is 0 Å². The molecular weight excluding hydrogens is 348 g/mol. The maximum Gasteiger partial charge on any atom is 0.257 e. The fraction of sp³-hybridized carbons (Fsp3) is 0.143. The van der Waals surface area contributed by atoms with E-state index in [0.717, 1.165) is 10.0 Å². The first-order valence-corrected chi connectivity index (χ1v) is 8.47. The molecule has 0 fully saturated rings. The molecule has 0 aliphatic heterocycles. The third kappa shape index (κ3) is 3.78. The number of carbonyl (C=O) groups is 2. The highest BCUT2D eigenvalue weighted by atomic mass is 32.1. The van der Waals surface area contributed by atoms with Gasteiger partial charge in [0, 0.05) is 11.1 Å². The first-order valence-electron chi connectivity index (χ1n) is 6.84. The van der Waals surface area contributed by atoms with Gasteiger partial charge in [-0.2, -0.15) is 0 Å². The van der Waals surface area contributed by atoms with E-state index in [0.29, 0.717) is 21.4 Å². The molecule has 2 heterocycles. The van der Waals surface area contributed by atoms with Crippen LogP contribution in [0.5, 0.6) is 0 Å². The van der Waals surface area contributed by atoms with Crippen molar-refractivity contribution in [1.82, 2.24) is 20.4 Å². The molecule has 2 amide bonds. The number of aromatic nitrogens is 4. The fourth-order valence-corrected chi connectivity index (χ4v) is 2.98. The number of amides is 2. The summed E-state index contributed by atoms with van der Waals surface area (Å²) in [5.41, 5.74) is 0.845. The van der Waals surface area contributed by atoms with Crippen LogP contribution in [0.4, 0.5) is 10.3 Å². The van der Waals surface area contributed by atoms with Crippen molar-refractivity contribution >= 4 is 44.8 Å². The van der Waals surface area contributed by atoms with Gasteiger partial charge in [-0.3, -0.25) is 20.2 Å². The maximum absolute atomic E-state index is 12.1. The Kier molecular flexibility index (Phi) is 4.58. The van der Waals surface area contributed by atoms with Gasteiger partial charge in [-0.1, -0.05) is 22.7 Å². The standard InChI is InChI=1S/C14H12N6O2S2/c1-7-17-19-13(23-7)15-11(21)9-3-5-10(6-4-9)12(22)16-14-20-18-8(2)24-14/h3-6H,1-2H3,(H,15,19,21)(H,16,20,22). The molecule has 0 saturated carbocycles. The summed E-state index contributed by atoms with van der Waals surface area (Å²) in [4.78, 5) is 24.2. The van der Waals surface area contributed by atoms with Crippen molar-refractivity contribution in [2.24, 2.45) is 0 Å². The quantitative estimate of drug-likeness (QED) is 0.740. The number of hydrogen-bond acceptors (Lipinski definition) is 8. The number of anilines is 2. The predicted octanol–water partition coefficient (Wildman–Crippen LogP) is 2.51. The molecule has 8 nitrogen and oxygen atoms in total. The van der Waals surface area contributed by atoms with E-state index in [9.17, 15) is 9.59 Å². The smallest absolute Gasteiger partial charge is 0.257 e. The predicted molar refractivity (Wildman–Crippen MR) is 91.6 cm³/mol. The van der Waals surface area contributed by atoms with Gasteiger partial charge in [0.2, 0.25) is 10.3 Å². The van der Waals surface area contributed by atoms with E-state index in [4.69, 9.17) is 0 Å². The van der Waals surface area contributed by atoms with Crippen LogP contribution < -0.4 is 10.6 Å². The molecular formula is C14H12N6O2S2. The first-order chi connectivity index (χ1) is 11.5. The van der Waals surface area contributed by atoms with Gasteiger partial charge in [0.05, 0.1) is 0 Å². The molecule has 0 radical (unpaired) electrons. The minimum Gasteiger partial charge on any atom is -0.296 e. The number of rotatable bonds is 4. The van der Waals surface area contributed by atoms with E-state index in [1.165, 1.54) is 22.7 Å². The van der Waals surface area contributed by atoms with Crippen LogP contribution in [0.2, 0.25) is 0 Å². The molecule has 0 spiro atoms. The van der Waals surface area contributed by atoms with E-state index in [-0.39, 0.29) is 11.8 Å². The van der Waals surface area contributed by atoms with E-state index >= 15 is 0 Å². The number of nitrogens with one attached hydrogen (secondary N) is 2. The summed E-state index contributed by atoms with van der Waals surface area (Å²) in [5, 5.41) is 23.1. The Balaban J connectivity index is 1.66. The number of nitrogens with zero attached hydrogens (tertiary/aromatic N) is 4. The summed E-state index contributed by atoms with van der Waals surface area (Å²) in [5.74, 6) is -0.615. The second kappa shape index (κ2) is 6.81. The molecule has 1 aromatic carbocycles. The molecule has 0 saturated heterocycles. The van der Waals surface area contributed by atoms with Crippen LogP contribution >= 0.6 is 22.7 Å². The second-order valence-corrected chi connectivity index (χ2v) is 7.10.